The lowest BCUT2D eigenvalue weighted by molar-refractivity contribution is 0.0473. The first-order chi connectivity index (χ1) is 14.1. The number of benzene rings is 1. The van der Waals surface area contributed by atoms with Crippen molar-refractivity contribution in [1.82, 2.24) is 19.2 Å². The van der Waals surface area contributed by atoms with Gasteiger partial charge in [0.25, 0.3) is 5.56 Å². The number of aromatic nitrogens is 4. The predicted octanol–water partition coefficient (Wildman–Crippen LogP) is 3.82. The first-order valence-corrected chi connectivity index (χ1v) is 10.5. The molecule has 0 spiro atoms. The lowest BCUT2D eigenvalue weighted by Crippen LogP contribution is -2.14. The first kappa shape index (κ1) is 17.8. The molecule has 0 unspecified atom stereocenters. The van der Waals surface area contributed by atoms with Crippen LogP contribution in [0.5, 0.6) is 0 Å². The van der Waals surface area contributed by atoms with Crippen LogP contribution in [0.25, 0.3) is 20.9 Å². The fourth-order valence-corrected chi connectivity index (χ4v) is 4.88. The summed E-state index contributed by atoms with van der Waals surface area (Å²) in [4.78, 5) is 30.9. The second kappa shape index (κ2) is 6.94. The van der Waals surface area contributed by atoms with Crippen molar-refractivity contribution in [2.75, 3.05) is 0 Å². The zero-order chi connectivity index (χ0) is 20.0. The highest BCUT2D eigenvalue weighted by molar-refractivity contribution is 7.20. The van der Waals surface area contributed by atoms with E-state index in [-0.39, 0.29) is 12.2 Å². The maximum absolute atomic E-state index is 12.6. The van der Waals surface area contributed by atoms with E-state index in [1.807, 2.05) is 41.9 Å². The third kappa shape index (κ3) is 3.14. The Balaban J connectivity index is 1.41. The summed E-state index contributed by atoms with van der Waals surface area (Å²) in [5.74, 6) is -0.446. The van der Waals surface area contributed by atoms with E-state index in [1.54, 1.807) is 17.6 Å². The molecule has 4 heterocycles. The molecule has 144 valence electrons. The van der Waals surface area contributed by atoms with Gasteiger partial charge in [-0.25, -0.2) is 14.5 Å². The maximum atomic E-state index is 12.6. The number of carbonyl (C=O) groups is 1. The lowest BCUT2D eigenvalue weighted by atomic mass is 10.3. The Morgan fingerprint density at radius 3 is 2.86 bits per heavy atom. The van der Waals surface area contributed by atoms with Crippen molar-refractivity contribution in [2.45, 2.75) is 13.5 Å². The highest BCUT2D eigenvalue weighted by Crippen LogP contribution is 2.30. The number of fused-ring (bicyclic) bond motifs is 2. The molecule has 1 aromatic carbocycles. The van der Waals surface area contributed by atoms with Gasteiger partial charge in [-0.2, -0.15) is 5.10 Å². The molecule has 0 aliphatic heterocycles. The van der Waals surface area contributed by atoms with E-state index in [1.165, 1.54) is 33.1 Å². The predicted molar refractivity (Wildman–Crippen MR) is 112 cm³/mol. The van der Waals surface area contributed by atoms with E-state index in [0.717, 1.165) is 21.6 Å². The molecule has 7 nitrogen and oxygen atoms in total. The minimum Gasteiger partial charge on any atom is -0.455 e. The molecule has 4 aromatic heterocycles. The minimum absolute atomic E-state index is 0.0550. The zero-order valence-corrected chi connectivity index (χ0v) is 16.9. The van der Waals surface area contributed by atoms with Crippen molar-refractivity contribution in [3.63, 3.8) is 0 Å². The Hall–Kier alpha value is -3.30. The number of thiazole rings is 1. The number of hydrogen-bond acceptors (Lipinski definition) is 7. The molecule has 0 atom stereocenters. The third-order valence-electron chi connectivity index (χ3n) is 4.45. The standard InChI is InChI=1S/C20H14N4O3S2/c1-12-15-10-16(29-18(15)24(22-12)14-5-3-2-4-6-14)19(26)27-11-13-9-17(25)23-7-8-28-20(23)21-13/h2-10H,11H2,1H3. The SMILES string of the molecule is Cc1nn(-c2ccccc2)c2sc(C(=O)OCc3cc(=O)n4ccsc4n3)cc12. The van der Waals surface area contributed by atoms with Crippen LogP contribution in [0.1, 0.15) is 21.1 Å². The van der Waals surface area contributed by atoms with Crippen molar-refractivity contribution >= 4 is 43.8 Å². The van der Waals surface area contributed by atoms with Crippen molar-refractivity contribution in [2.24, 2.45) is 0 Å². The second-order valence-corrected chi connectivity index (χ2v) is 8.28. The van der Waals surface area contributed by atoms with E-state index in [9.17, 15) is 9.59 Å². The summed E-state index contributed by atoms with van der Waals surface area (Å²) in [6, 6.07) is 13.0. The molecule has 0 saturated carbocycles. The Morgan fingerprint density at radius 1 is 1.21 bits per heavy atom. The van der Waals surface area contributed by atoms with Crippen LogP contribution in [0.2, 0.25) is 0 Å². The van der Waals surface area contributed by atoms with E-state index in [4.69, 9.17) is 4.74 Å². The number of rotatable bonds is 4. The number of ether oxygens (including phenoxy) is 1. The summed E-state index contributed by atoms with van der Waals surface area (Å²) in [5.41, 5.74) is 2.01. The van der Waals surface area contributed by atoms with Gasteiger partial charge in [-0.05, 0) is 25.1 Å². The summed E-state index contributed by atoms with van der Waals surface area (Å²) in [5, 5.41) is 7.28. The average molecular weight is 422 g/mol. The molecule has 29 heavy (non-hydrogen) atoms. The number of hydrogen-bond donors (Lipinski definition) is 0. The topological polar surface area (TPSA) is 78.5 Å². The summed E-state index contributed by atoms with van der Waals surface area (Å²) < 4.78 is 8.71. The summed E-state index contributed by atoms with van der Waals surface area (Å²) in [7, 11) is 0. The van der Waals surface area contributed by atoms with Gasteiger partial charge >= 0.3 is 5.97 Å². The van der Waals surface area contributed by atoms with Gasteiger partial charge < -0.3 is 4.74 Å². The molecule has 0 bridgehead atoms. The van der Waals surface area contributed by atoms with Crippen LogP contribution >= 0.6 is 22.7 Å². The van der Waals surface area contributed by atoms with Crippen molar-refractivity contribution in [3.05, 3.63) is 80.7 Å². The Morgan fingerprint density at radius 2 is 2.03 bits per heavy atom. The van der Waals surface area contributed by atoms with Gasteiger partial charge in [0.2, 0.25) is 0 Å². The Kier molecular flexibility index (Phi) is 4.26. The monoisotopic (exact) mass is 422 g/mol. The summed E-state index contributed by atoms with van der Waals surface area (Å²) >= 11 is 2.69. The van der Waals surface area contributed by atoms with Crippen LogP contribution in [0.4, 0.5) is 0 Å². The third-order valence-corrected chi connectivity index (χ3v) is 6.30. The first-order valence-electron chi connectivity index (χ1n) is 8.77. The summed E-state index contributed by atoms with van der Waals surface area (Å²) in [6.07, 6.45) is 1.67. The quantitative estimate of drug-likeness (QED) is 0.412. The van der Waals surface area contributed by atoms with Crippen LogP contribution in [0, 0.1) is 6.92 Å². The number of para-hydroxylation sites is 1. The number of carbonyl (C=O) groups excluding carboxylic acids is 1. The van der Waals surface area contributed by atoms with Gasteiger partial charge in [0.05, 0.1) is 17.1 Å². The van der Waals surface area contributed by atoms with E-state index in [0.29, 0.717) is 15.5 Å². The van der Waals surface area contributed by atoms with E-state index < -0.39 is 5.97 Å². The average Bonchev–Trinajstić information content (AvgIpc) is 3.43. The van der Waals surface area contributed by atoms with Crippen molar-refractivity contribution in [1.29, 1.82) is 0 Å². The van der Waals surface area contributed by atoms with E-state index >= 15 is 0 Å². The Labute approximate surface area is 172 Å². The molecule has 0 aliphatic rings. The maximum Gasteiger partial charge on any atom is 0.348 e. The second-order valence-electron chi connectivity index (χ2n) is 6.38. The Bertz CT molecular complexity index is 1410. The minimum atomic E-state index is -0.446. The smallest absolute Gasteiger partial charge is 0.348 e. The molecule has 9 heteroatoms. The van der Waals surface area contributed by atoms with Crippen LogP contribution in [-0.2, 0) is 11.3 Å². The van der Waals surface area contributed by atoms with Crippen molar-refractivity contribution < 1.29 is 9.53 Å². The molecule has 0 radical (unpaired) electrons. The van der Waals surface area contributed by atoms with E-state index in [2.05, 4.69) is 10.1 Å². The molecule has 0 saturated heterocycles. The van der Waals surface area contributed by atoms with Gasteiger partial charge in [-0.3, -0.25) is 9.20 Å². The number of esters is 1. The normalized spacial score (nSPS) is 11.3. The van der Waals surface area contributed by atoms with Crippen LogP contribution in [0.15, 0.2) is 58.8 Å². The molecule has 5 aromatic rings. The van der Waals surface area contributed by atoms with Crippen LogP contribution in [0.3, 0.4) is 0 Å². The van der Waals surface area contributed by atoms with Crippen LogP contribution in [-0.4, -0.2) is 25.1 Å². The fourth-order valence-electron chi connectivity index (χ4n) is 3.06. The molecule has 5 rings (SSSR count). The van der Waals surface area contributed by atoms with Gasteiger partial charge in [0.1, 0.15) is 16.3 Å². The number of thiophene rings is 1. The van der Waals surface area contributed by atoms with Gasteiger partial charge in [-0.15, -0.1) is 22.7 Å². The lowest BCUT2D eigenvalue weighted by Gasteiger charge is -2.03. The van der Waals surface area contributed by atoms with Gasteiger partial charge in [0, 0.05) is 23.0 Å². The fraction of sp³-hybridized carbons (Fsp3) is 0.100. The largest absolute Gasteiger partial charge is 0.455 e. The number of aryl methyl sites for hydroxylation is 1. The van der Waals surface area contributed by atoms with Gasteiger partial charge in [0.15, 0.2) is 4.96 Å². The zero-order valence-electron chi connectivity index (χ0n) is 15.2. The molecular weight excluding hydrogens is 408 g/mol. The highest BCUT2D eigenvalue weighted by Gasteiger charge is 2.18. The summed E-state index contributed by atoms with van der Waals surface area (Å²) in [6.45, 7) is 1.86. The number of nitrogens with zero attached hydrogens (tertiary/aromatic N) is 4. The molecular formula is C20H14N4O3S2. The molecule has 0 aliphatic carbocycles. The van der Waals surface area contributed by atoms with Gasteiger partial charge in [-0.1, -0.05) is 18.2 Å². The molecule has 0 fully saturated rings. The highest BCUT2D eigenvalue weighted by atomic mass is 32.1. The molecule has 0 amide bonds. The van der Waals surface area contributed by atoms with Crippen LogP contribution < -0.4 is 5.56 Å². The van der Waals surface area contributed by atoms with Crippen molar-refractivity contribution in [3.8, 4) is 5.69 Å². The molecule has 0 N–H and O–H groups in total.